The lowest BCUT2D eigenvalue weighted by atomic mass is 9.94. The Balaban J connectivity index is 2.17. The van der Waals surface area contributed by atoms with E-state index in [4.69, 9.17) is 18.9 Å². The van der Waals surface area contributed by atoms with Crippen molar-refractivity contribution in [2.45, 2.75) is 53.6 Å². The number of fused-ring (bicyclic) bond motifs is 1. The summed E-state index contributed by atoms with van der Waals surface area (Å²) in [5.41, 5.74) is 2.08. The van der Waals surface area contributed by atoms with Crippen LogP contribution in [0.3, 0.4) is 0 Å². The number of hydrogen-bond acceptors (Lipinski definition) is 5. The van der Waals surface area contributed by atoms with Crippen molar-refractivity contribution >= 4 is 5.97 Å². The van der Waals surface area contributed by atoms with Crippen LogP contribution in [0, 0.1) is 19.3 Å². The van der Waals surface area contributed by atoms with Crippen molar-refractivity contribution in [2.24, 2.45) is 5.41 Å². The van der Waals surface area contributed by atoms with Crippen LogP contribution in [0.25, 0.3) is 0 Å². The lowest BCUT2D eigenvalue weighted by Gasteiger charge is -2.26. The molecule has 1 heterocycles. The minimum atomic E-state index is -0.557. The Bertz CT molecular complexity index is 630. The number of rotatable bonds is 5. The van der Waals surface area contributed by atoms with Gasteiger partial charge in [0.05, 0.1) is 5.41 Å². The van der Waals surface area contributed by atoms with Crippen molar-refractivity contribution < 1.29 is 23.7 Å². The molecule has 0 bridgehead atoms. The molecule has 5 heteroatoms. The van der Waals surface area contributed by atoms with Gasteiger partial charge in [0.1, 0.15) is 23.7 Å². The summed E-state index contributed by atoms with van der Waals surface area (Å²) in [5.74, 6) is 1.44. The highest BCUT2D eigenvalue weighted by Gasteiger charge is 2.39. The number of hydrogen-bond donors (Lipinski definition) is 0. The Morgan fingerprint density at radius 1 is 1.33 bits per heavy atom. The van der Waals surface area contributed by atoms with Crippen molar-refractivity contribution in [3.63, 3.8) is 0 Å². The Morgan fingerprint density at radius 3 is 2.58 bits per heavy atom. The fraction of sp³-hybridized carbons (Fsp3) is 0.632. The van der Waals surface area contributed by atoms with E-state index in [1.54, 1.807) is 7.11 Å². The van der Waals surface area contributed by atoms with E-state index in [2.05, 4.69) is 0 Å². The summed E-state index contributed by atoms with van der Waals surface area (Å²) in [5, 5.41) is 0. The molecule has 5 nitrogen and oxygen atoms in total. The Labute approximate surface area is 144 Å². The van der Waals surface area contributed by atoms with Gasteiger partial charge in [0.2, 0.25) is 0 Å². The summed E-state index contributed by atoms with van der Waals surface area (Å²) in [6.45, 7) is 11.9. The average Bonchev–Trinajstić information content (AvgIpc) is 2.85. The Kier molecular flexibility index (Phi) is 5.14. The minimum absolute atomic E-state index is 0.209. The van der Waals surface area contributed by atoms with E-state index in [9.17, 15) is 4.79 Å². The molecule has 1 atom stereocenters. The van der Waals surface area contributed by atoms with E-state index >= 15 is 0 Å². The molecule has 1 unspecified atom stereocenters. The van der Waals surface area contributed by atoms with Gasteiger partial charge in [-0.3, -0.25) is 4.79 Å². The number of ether oxygens (including phenoxy) is 4. The van der Waals surface area contributed by atoms with Crippen LogP contribution in [0.5, 0.6) is 11.5 Å². The van der Waals surface area contributed by atoms with Crippen LogP contribution in [-0.4, -0.2) is 32.1 Å². The van der Waals surface area contributed by atoms with Gasteiger partial charge in [0.15, 0.2) is 6.79 Å². The Hall–Kier alpha value is -1.75. The molecule has 1 aromatic carbocycles. The van der Waals surface area contributed by atoms with Gasteiger partial charge in [-0.05, 0) is 58.7 Å². The fourth-order valence-electron chi connectivity index (χ4n) is 2.73. The number of aryl methyl sites for hydroxylation is 1. The molecule has 2 rings (SSSR count). The summed E-state index contributed by atoms with van der Waals surface area (Å²) in [6, 6.07) is 1.96. The van der Waals surface area contributed by atoms with Gasteiger partial charge in [-0.2, -0.15) is 0 Å². The third-order valence-corrected chi connectivity index (χ3v) is 4.15. The minimum Gasteiger partial charge on any atom is -0.483 e. The third kappa shape index (κ3) is 3.83. The second-order valence-corrected chi connectivity index (χ2v) is 7.73. The third-order valence-electron chi connectivity index (χ3n) is 4.15. The van der Waals surface area contributed by atoms with Crippen LogP contribution < -0.4 is 9.47 Å². The number of methoxy groups -OCH3 is 1. The fourth-order valence-corrected chi connectivity index (χ4v) is 2.73. The lowest BCUT2D eigenvalue weighted by molar-refractivity contribution is -0.158. The standard InChI is InChI=1S/C19H28O5/c1-12-8-15(23-11-21-7)13(2)14-9-19(6,24-16(12)14)10-22-17(20)18(3,4)5/h8H,9-11H2,1-7H3. The lowest BCUT2D eigenvalue weighted by Crippen LogP contribution is -2.39. The number of carbonyl (C=O) groups excluding carboxylic acids is 1. The molecule has 0 saturated heterocycles. The predicted molar refractivity (Wildman–Crippen MR) is 91.6 cm³/mol. The summed E-state index contributed by atoms with van der Waals surface area (Å²) < 4.78 is 22.3. The van der Waals surface area contributed by atoms with Gasteiger partial charge < -0.3 is 18.9 Å². The maximum absolute atomic E-state index is 12.0. The molecule has 1 aliphatic rings. The van der Waals surface area contributed by atoms with Gasteiger partial charge in [-0.15, -0.1) is 0 Å². The van der Waals surface area contributed by atoms with Crippen molar-refractivity contribution in [3.05, 3.63) is 22.8 Å². The first-order valence-corrected chi connectivity index (χ1v) is 8.18. The molecule has 0 amide bonds. The molecule has 0 aliphatic carbocycles. The molecular weight excluding hydrogens is 308 g/mol. The van der Waals surface area contributed by atoms with Crippen LogP contribution >= 0.6 is 0 Å². The SMILES string of the molecule is COCOc1cc(C)c2c(c1C)CC(C)(COC(=O)C(C)(C)C)O2. The summed E-state index contributed by atoms with van der Waals surface area (Å²) in [7, 11) is 1.60. The molecule has 134 valence electrons. The van der Waals surface area contributed by atoms with E-state index < -0.39 is 11.0 Å². The van der Waals surface area contributed by atoms with E-state index in [1.165, 1.54) is 0 Å². The highest BCUT2D eigenvalue weighted by molar-refractivity contribution is 5.75. The van der Waals surface area contributed by atoms with E-state index in [1.807, 2.05) is 47.6 Å². The zero-order valence-corrected chi connectivity index (χ0v) is 15.7. The van der Waals surface area contributed by atoms with Crippen molar-refractivity contribution in [3.8, 4) is 11.5 Å². The first kappa shape index (κ1) is 18.6. The Morgan fingerprint density at radius 2 is 2.00 bits per heavy atom. The van der Waals surface area contributed by atoms with Crippen molar-refractivity contribution in [2.75, 3.05) is 20.5 Å². The predicted octanol–water partition coefficient (Wildman–Crippen LogP) is 3.57. The molecule has 0 spiro atoms. The smallest absolute Gasteiger partial charge is 0.311 e. The van der Waals surface area contributed by atoms with Crippen molar-refractivity contribution in [1.82, 2.24) is 0 Å². The molecular formula is C19H28O5. The van der Waals surface area contributed by atoms with Gasteiger partial charge in [0, 0.05) is 19.1 Å². The van der Waals surface area contributed by atoms with E-state index in [0.29, 0.717) is 6.42 Å². The second-order valence-electron chi connectivity index (χ2n) is 7.73. The highest BCUT2D eigenvalue weighted by atomic mass is 16.7. The number of esters is 1. The molecule has 0 aromatic heterocycles. The second kappa shape index (κ2) is 6.63. The number of carbonyl (C=O) groups is 1. The molecule has 1 aromatic rings. The maximum atomic E-state index is 12.0. The largest absolute Gasteiger partial charge is 0.483 e. The van der Waals surface area contributed by atoms with Crippen LogP contribution in [0.4, 0.5) is 0 Å². The molecule has 0 radical (unpaired) electrons. The molecule has 0 N–H and O–H groups in total. The normalized spacial score (nSPS) is 19.6. The van der Waals surface area contributed by atoms with Gasteiger partial charge in [-0.1, -0.05) is 0 Å². The zero-order chi connectivity index (χ0) is 18.1. The van der Waals surface area contributed by atoms with Gasteiger partial charge >= 0.3 is 5.97 Å². The molecule has 0 saturated carbocycles. The van der Waals surface area contributed by atoms with Crippen molar-refractivity contribution in [1.29, 1.82) is 0 Å². The van der Waals surface area contributed by atoms with Crippen LogP contribution in [-0.2, 0) is 20.7 Å². The quantitative estimate of drug-likeness (QED) is 0.608. The van der Waals surface area contributed by atoms with Crippen LogP contribution in [0.1, 0.15) is 44.4 Å². The van der Waals surface area contributed by atoms with E-state index in [0.717, 1.165) is 28.2 Å². The monoisotopic (exact) mass is 336 g/mol. The topological polar surface area (TPSA) is 54.0 Å². The zero-order valence-electron chi connectivity index (χ0n) is 15.7. The van der Waals surface area contributed by atoms with Crippen LogP contribution in [0.15, 0.2) is 6.07 Å². The highest BCUT2D eigenvalue weighted by Crippen LogP contribution is 2.43. The van der Waals surface area contributed by atoms with Gasteiger partial charge in [-0.25, -0.2) is 0 Å². The maximum Gasteiger partial charge on any atom is 0.311 e. The molecule has 24 heavy (non-hydrogen) atoms. The summed E-state index contributed by atoms with van der Waals surface area (Å²) >= 11 is 0. The molecule has 1 aliphatic heterocycles. The number of benzene rings is 1. The summed E-state index contributed by atoms with van der Waals surface area (Å²) in [4.78, 5) is 12.0. The van der Waals surface area contributed by atoms with E-state index in [-0.39, 0.29) is 19.4 Å². The van der Waals surface area contributed by atoms with Crippen LogP contribution in [0.2, 0.25) is 0 Å². The average molecular weight is 336 g/mol. The summed E-state index contributed by atoms with van der Waals surface area (Å²) in [6.07, 6.45) is 0.677. The first-order chi connectivity index (χ1) is 11.1. The van der Waals surface area contributed by atoms with Gasteiger partial charge in [0.25, 0.3) is 0 Å². The molecule has 0 fully saturated rings. The first-order valence-electron chi connectivity index (χ1n) is 8.18.